The maximum absolute atomic E-state index is 10.5. The average Bonchev–Trinajstić information content (AvgIpc) is 2.82. The Morgan fingerprint density at radius 2 is 1.26 bits per heavy atom. The molecule has 0 saturated carbocycles. The fourth-order valence-corrected chi connectivity index (χ4v) is 5.39. The third-order valence-corrected chi connectivity index (χ3v) is 6.85. The van der Waals surface area contributed by atoms with Crippen molar-refractivity contribution in [2.75, 3.05) is 4.90 Å². The van der Waals surface area contributed by atoms with Crippen LogP contribution in [0.2, 0.25) is 0 Å². The summed E-state index contributed by atoms with van der Waals surface area (Å²) in [6, 6.07) is 18.8. The summed E-state index contributed by atoms with van der Waals surface area (Å²) < 4.78 is 0. The third kappa shape index (κ3) is 3.17. The van der Waals surface area contributed by atoms with E-state index >= 15 is 0 Å². The number of para-hydroxylation sites is 2. The van der Waals surface area contributed by atoms with Crippen molar-refractivity contribution in [1.82, 2.24) is 0 Å². The Balaban J connectivity index is 2.26. The minimum atomic E-state index is -0.254. The zero-order valence-electron chi connectivity index (χ0n) is 20.6. The van der Waals surface area contributed by atoms with Crippen LogP contribution in [0, 0.1) is 24.5 Å². The molecular weight excluding hydrogens is 416 g/mol. The van der Waals surface area contributed by atoms with E-state index in [2.05, 4.69) is 55.6 Å². The van der Waals surface area contributed by atoms with Gasteiger partial charge in [-0.25, -0.2) is 9.69 Å². The van der Waals surface area contributed by atoms with Gasteiger partial charge < -0.3 is 4.90 Å². The maximum atomic E-state index is 10.5. The Morgan fingerprint density at radius 3 is 1.68 bits per heavy atom. The molecule has 1 heterocycles. The van der Waals surface area contributed by atoms with E-state index in [1.807, 2.05) is 55.1 Å². The largest absolute Gasteiger partial charge is 0.320 e. The van der Waals surface area contributed by atoms with E-state index in [0.717, 1.165) is 33.6 Å². The molecular formula is C30H28N4. The van der Waals surface area contributed by atoms with Crippen molar-refractivity contribution in [2.24, 2.45) is 0 Å². The average molecular weight is 445 g/mol. The fourth-order valence-electron chi connectivity index (χ4n) is 5.39. The highest BCUT2D eigenvalue weighted by Crippen LogP contribution is 2.58. The molecule has 0 unspecified atom stereocenters. The van der Waals surface area contributed by atoms with Gasteiger partial charge in [-0.15, -0.1) is 0 Å². The van der Waals surface area contributed by atoms with Crippen molar-refractivity contribution in [3.63, 3.8) is 0 Å². The molecule has 4 nitrogen and oxygen atoms in total. The minimum absolute atomic E-state index is 0.0167. The molecule has 0 fully saturated rings. The minimum Gasteiger partial charge on any atom is -0.320 e. The monoisotopic (exact) mass is 444 g/mol. The molecule has 1 aliphatic heterocycles. The summed E-state index contributed by atoms with van der Waals surface area (Å²) >= 11 is 0. The molecule has 0 aliphatic carbocycles. The van der Waals surface area contributed by atoms with Crippen LogP contribution in [0.25, 0.3) is 9.69 Å². The van der Waals surface area contributed by atoms with Gasteiger partial charge in [-0.05, 0) is 46.2 Å². The van der Waals surface area contributed by atoms with Crippen LogP contribution in [-0.4, -0.2) is 0 Å². The number of hydrogen-bond donors (Lipinski definition) is 0. The Morgan fingerprint density at radius 1 is 0.794 bits per heavy atom. The summed E-state index contributed by atoms with van der Waals surface area (Å²) in [5.74, 6) is 0.0424. The predicted molar refractivity (Wildman–Crippen MR) is 139 cm³/mol. The van der Waals surface area contributed by atoms with E-state index in [1.165, 1.54) is 0 Å². The number of hydrogen-bond acceptors (Lipinski definition) is 2. The number of nitriles is 1. The first kappa shape index (κ1) is 23.1. The van der Waals surface area contributed by atoms with E-state index in [-0.39, 0.29) is 22.9 Å². The number of anilines is 3. The van der Waals surface area contributed by atoms with Crippen molar-refractivity contribution >= 4 is 28.4 Å². The second kappa shape index (κ2) is 8.37. The zero-order valence-corrected chi connectivity index (χ0v) is 20.6. The van der Waals surface area contributed by atoms with Crippen LogP contribution < -0.4 is 4.90 Å². The Labute approximate surface area is 202 Å². The number of benzene rings is 3. The van der Waals surface area contributed by atoms with Gasteiger partial charge in [0.1, 0.15) is 6.07 Å². The smallest absolute Gasteiger partial charge is 0.219 e. The number of fused-ring (bicyclic) bond motifs is 2. The summed E-state index contributed by atoms with van der Waals surface area (Å²) in [6.07, 6.45) is 0. The van der Waals surface area contributed by atoms with Gasteiger partial charge >= 0.3 is 0 Å². The molecule has 3 aromatic carbocycles. The molecule has 34 heavy (non-hydrogen) atoms. The molecule has 4 rings (SSSR count). The topological polar surface area (TPSA) is 35.8 Å². The summed E-state index contributed by atoms with van der Waals surface area (Å²) in [5, 5.41) is 10.5. The highest BCUT2D eigenvalue weighted by Gasteiger charge is 2.39. The van der Waals surface area contributed by atoms with E-state index in [9.17, 15) is 5.26 Å². The predicted octanol–water partition coefficient (Wildman–Crippen LogP) is 9.02. The molecule has 0 aromatic heterocycles. The lowest BCUT2D eigenvalue weighted by Gasteiger charge is -2.43. The van der Waals surface area contributed by atoms with Crippen LogP contribution in [-0.2, 0) is 5.41 Å². The third-order valence-electron chi connectivity index (χ3n) is 6.85. The van der Waals surface area contributed by atoms with Crippen LogP contribution in [0.4, 0.5) is 28.4 Å². The number of rotatable bonds is 3. The van der Waals surface area contributed by atoms with Gasteiger partial charge in [-0.3, -0.25) is 0 Å². The molecule has 3 aromatic rings. The van der Waals surface area contributed by atoms with Crippen molar-refractivity contribution in [2.45, 2.75) is 58.8 Å². The van der Waals surface area contributed by atoms with E-state index < -0.39 is 0 Å². The highest BCUT2D eigenvalue weighted by atomic mass is 15.2. The maximum Gasteiger partial charge on any atom is 0.219 e. The molecule has 0 spiro atoms. The summed E-state index contributed by atoms with van der Waals surface area (Å²) in [4.78, 5) is 9.82. The molecule has 4 heteroatoms. The van der Waals surface area contributed by atoms with Gasteiger partial charge in [-0.1, -0.05) is 77.9 Å². The number of nitrogens with zero attached hydrogens (tertiary/aromatic N) is 4. The van der Waals surface area contributed by atoms with Crippen molar-refractivity contribution in [3.8, 4) is 6.07 Å². The lowest BCUT2D eigenvalue weighted by atomic mass is 9.73. The summed E-state index contributed by atoms with van der Waals surface area (Å²) in [5.41, 5.74) is 7.18. The molecule has 168 valence electrons. The first-order chi connectivity index (χ1) is 16.2. The van der Waals surface area contributed by atoms with E-state index in [4.69, 9.17) is 13.1 Å². The second-order valence-corrected chi connectivity index (χ2v) is 9.89. The van der Waals surface area contributed by atoms with E-state index in [1.54, 1.807) is 0 Å². The first-order valence-corrected chi connectivity index (χ1v) is 11.6. The quantitative estimate of drug-likeness (QED) is 0.378. The fraction of sp³-hybridized carbons (Fsp3) is 0.300. The molecule has 0 N–H and O–H groups in total. The van der Waals surface area contributed by atoms with Crippen LogP contribution >= 0.6 is 0 Å². The summed E-state index contributed by atoms with van der Waals surface area (Å²) in [7, 11) is 0. The van der Waals surface area contributed by atoms with Crippen LogP contribution in [0.3, 0.4) is 0 Å². The van der Waals surface area contributed by atoms with Gasteiger partial charge in [0.15, 0.2) is 0 Å². The molecule has 0 bridgehead atoms. The van der Waals surface area contributed by atoms with Crippen LogP contribution in [0.5, 0.6) is 0 Å². The zero-order chi connectivity index (χ0) is 24.8. The second-order valence-electron chi connectivity index (χ2n) is 9.89. The van der Waals surface area contributed by atoms with Crippen LogP contribution in [0.1, 0.15) is 81.2 Å². The van der Waals surface area contributed by atoms with Crippen LogP contribution in [0.15, 0.2) is 48.5 Å². The Hall–Kier alpha value is -4.07. The van der Waals surface area contributed by atoms with Gasteiger partial charge in [0.25, 0.3) is 0 Å². The van der Waals surface area contributed by atoms with E-state index in [0.29, 0.717) is 16.9 Å². The lowest BCUT2D eigenvalue weighted by Crippen LogP contribution is -2.31. The Kier molecular flexibility index (Phi) is 5.69. The van der Waals surface area contributed by atoms with Crippen molar-refractivity contribution in [1.29, 1.82) is 5.26 Å². The lowest BCUT2D eigenvalue weighted by molar-refractivity contribution is 0.632. The molecule has 0 amide bonds. The first-order valence-electron chi connectivity index (χ1n) is 11.6. The van der Waals surface area contributed by atoms with Gasteiger partial charge in [-0.2, -0.15) is 5.26 Å². The van der Waals surface area contributed by atoms with Gasteiger partial charge in [0, 0.05) is 16.8 Å². The van der Waals surface area contributed by atoms with Gasteiger partial charge in [0.2, 0.25) is 11.4 Å². The molecule has 1 aliphatic rings. The van der Waals surface area contributed by atoms with Crippen molar-refractivity contribution < 1.29 is 0 Å². The molecule has 0 atom stereocenters. The van der Waals surface area contributed by atoms with Gasteiger partial charge in [0.05, 0.1) is 24.4 Å². The summed E-state index contributed by atoms with van der Waals surface area (Å²) in [6.45, 7) is 28.7. The SMILES string of the molecule is [C-]#[N+]c1c([N+]#[C-])c(N2c3ccccc3C(C)(C)c3ccccc32)c(C#N)c(C(C)C)c1C(C)C. The normalized spacial score (nSPS) is 13.6. The standard InChI is InChI=1S/C30H28N4/c1-18(2)25-20(17-31)29(28(33-8)27(32-7)26(25)19(3)4)34-23-15-11-9-13-21(23)30(5,6)22-14-10-12-16-24(22)34/h9-16,18-19H,1-6H3. The van der Waals surface area contributed by atoms with Crippen molar-refractivity contribution in [3.05, 3.63) is 99.2 Å². The molecule has 0 radical (unpaired) electrons. The highest BCUT2D eigenvalue weighted by molar-refractivity contribution is 6.00. The Bertz CT molecular complexity index is 1370. The molecule has 0 saturated heterocycles.